The molecule has 0 bridgehead atoms. The summed E-state index contributed by atoms with van der Waals surface area (Å²) in [6.07, 6.45) is 0. The molecule has 124 valence electrons. The maximum absolute atomic E-state index is 13.3. The smallest absolute Gasteiger partial charge is 0.230 e. The molecule has 0 fully saturated rings. The van der Waals surface area contributed by atoms with E-state index in [1.165, 1.54) is 12.1 Å². The van der Waals surface area contributed by atoms with E-state index >= 15 is 0 Å². The Morgan fingerprint density at radius 2 is 2.12 bits per heavy atom. The van der Waals surface area contributed by atoms with E-state index in [1.54, 1.807) is 31.2 Å². The lowest BCUT2D eigenvalue weighted by Crippen LogP contribution is -2.25. The average Bonchev–Trinajstić information content (AvgIpc) is 2.55. The topological polar surface area (TPSA) is 42.7 Å². The predicted octanol–water partition coefficient (Wildman–Crippen LogP) is 4.99. The molecule has 0 aliphatic heterocycles. The normalized spacial score (nSPS) is 11.5. The number of carbonyl (C=O) groups excluding carboxylic acids is 1. The Hall–Kier alpha value is -2.58. The molecule has 0 radical (unpaired) electrons. The minimum Gasteiger partial charge on any atom is -0.493 e. The molecule has 0 aromatic heterocycles. The van der Waals surface area contributed by atoms with Crippen LogP contribution in [0, 0.1) is 25.2 Å². The number of nitrogens with zero attached hydrogens (tertiary/aromatic N) is 1. The van der Waals surface area contributed by atoms with Crippen LogP contribution in [0.5, 0.6) is 5.75 Å². The molecule has 0 heterocycles. The molecule has 1 amide bonds. The molecule has 6 heteroatoms. The summed E-state index contributed by atoms with van der Waals surface area (Å²) in [6.45, 7) is 10.6. The second-order valence-electron chi connectivity index (χ2n) is 5.39. The first-order chi connectivity index (χ1) is 11.4. The predicted molar refractivity (Wildman–Crippen MR) is 92.1 cm³/mol. The highest BCUT2D eigenvalue weighted by molar-refractivity contribution is 6.30. The van der Waals surface area contributed by atoms with E-state index in [-0.39, 0.29) is 17.5 Å². The largest absolute Gasteiger partial charge is 0.493 e. The molecule has 0 spiro atoms. The molecule has 1 N–H and O–H groups in total. The second-order valence-corrected chi connectivity index (χ2v) is 5.80. The molecule has 2 aromatic rings. The third-order valence-corrected chi connectivity index (χ3v) is 3.73. The summed E-state index contributed by atoms with van der Waals surface area (Å²) in [7, 11) is 0. The van der Waals surface area contributed by atoms with Crippen molar-refractivity contribution in [1.82, 2.24) is 0 Å². The van der Waals surface area contributed by atoms with Crippen LogP contribution in [-0.4, -0.2) is 12.5 Å². The summed E-state index contributed by atoms with van der Waals surface area (Å²) in [5.41, 5.74) is 1.96. The first-order valence-corrected chi connectivity index (χ1v) is 7.65. The zero-order chi connectivity index (χ0) is 17.7. The fraction of sp³-hybridized carbons (Fsp3) is 0.222. The van der Waals surface area contributed by atoms with E-state index in [2.05, 4.69) is 10.2 Å². The number of rotatable bonds is 5. The van der Waals surface area contributed by atoms with Gasteiger partial charge in [-0.2, -0.15) is 0 Å². The molecule has 0 saturated carbocycles. The number of amides is 1. The molecular formula is C18H16ClFN2O2. The lowest BCUT2D eigenvalue weighted by molar-refractivity contribution is -0.120. The van der Waals surface area contributed by atoms with E-state index in [9.17, 15) is 9.18 Å². The second kappa shape index (κ2) is 7.80. The summed E-state index contributed by atoms with van der Waals surface area (Å²) in [6, 6.07) is 9.21. The van der Waals surface area contributed by atoms with Crippen LogP contribution in [0.15, 0.2) is 36.4 Å². The number of carbonyl (C=O) groups is 1. The number of halogens is 2. The van der Waals surface area contributed by atoms with Gasteiger partial charge in [-0.25, -0.2) is 9.24 Å². The van der Waals surface area contributed by atoms with Crippen molar-refractivity contribution in [3.63, 3.8) is 0 Å². The summed E-state index contributed by atoms with van der Waals surface area (Å²) >= 11 is 5.61. The van der Waals surface area contributed by atoms with Crippen molar-refractivity contribution in [2.45, 2.75) is 13.8 Å². The number of ether oxygens (including phenoxy) is 1. The van der Waals surface area contributed by atoms with Crippen LogP contribution < -0.4 is 10.1 Å². The Morgan fingerprint density at radius 1 is 1.38 bits per heavy atom. The van der Waals surface area contributed by atoms with Gasteiger partial charge >= 0.3 is 0 Å². The molecule has 2 aromatic carbocycles. The van der Waals surface area contributed by atoms with Crippen LogP contribution in [0.4, 0.5) is 15.8 Å². The maximum atomic E-state index is 13.3. The lowest BCUT2D eigenvalue weighted by atomic mass is 10.1. The Bertz CT molecular complexity index is 802. The highest BCUT2D eigenvalue weighted by Gasteiger charge is 2.15. The minimum absolute atomic E-state index is 0.0198. The van der Waals surface area contributed by atoms with Crippen LogP contribution in [0.3, 0.4) is 0 Å². The van der Waals surface area contributed by atoms with E-state index in [4.69, 9.17) is 22.9 Å². The minimum atomic E-state index is -0.568. The van der Waals surface area contributed by atoms with Gasteiger partial charge in [0.05, 0.1) is 24.1 Å². The van der Waals surface area contributed by atoms with Gasteiger partial charge < -0.3 is 10.1 Å². The average molecular weight is 347 g/mol. The molecule has 0 aliphatic rings. The van der Waals surface area contributed by atoms with E-state index in [0.717, 1.165) is 5.56 Å². The quantitative estimate of drug-likeness (QED) is 0.775. The van der Waals surface area contributed by atoms with Crippen LogP contribution in [0.25, 0.3) is 4.85 Å². The van der Waals surface area contributed by atoms with Crippen LogP contribution in [-0.2, 0) is 4.79 Å². The first-order valence-electron chi connectivity index (χ1n) is 7.27. The third kappa shape index (κ3) is 4.46. The van der Waals surface area contributed by atoms with Gasteiger partial charge in [0.1, 0.15) is 11.6 Å². The molecular weight excluding hydrogens is 331 g/mol. The van der Waals surface area contributed by atoms with Crippen molar-refractivity contribution in [2.75, 3.05) is 11.9 Å². The van der Waals surface area contributed by atoms with Crippen molar-refractivity contribution in [3.8, 4) is 5.75 Å². The zero-order valence-electron chi connectivity index (χ0n) is 13.3. The van der Waals surface area contributed by atoms with Crippen molar-refractivity contribution in [3.05, 3.63) is 64.2 Å². The molecule has 4 nitrogen and oxygen atoms in total. The van der Waals surface area contributed by atoms with Gasteiger partial charge in [0.2, 0.25) is 5.91 Å². The third-order valence-electron chi connectivity index (χ3n) is 3.42. The monoisotopic (exact) mass is 346 g/mol. The van der Waals surface area contributed by atoms with Gasteiger partial charge in [0, 0.05) is 11.8 Å². The summed E-state index contributed by atoms with van der Waals surface area (Å²) in [5.74, 6) is -0.917. The molecule has 1 atom stereocenters. The first kappa shape index (κ1) is 17.8. The highest BCUT2D eigenvalue weighted by Crippen LogP contribution is 2.23. The molecule has 0 saturated heterocycles. The fourth-order valence-electron chi connectivity index (χ4n) is 1.99. The van der Waals surface area contributed by atoms with E-state index < -0.39 is 11.7 Å². The number of hydrogen-bond donors (Lipinski definition) is 1. The maximum Gasteiger partial charge on any atom is 0.230 e. The highest BCUT2D eigenvalue weighted by atomic mass is 35.5. The van der Waals surface area contributed by atoms with Gasteiger partial charge in [0.15, 0.2) is 5.69 Å². The number of aryl methyl sites for hydroxylation is 1. The molecule has 0 aliphatic carbocycles. The van der Waals surface area contributed by atoms with Gasteiger partial charge in [-0.1, -0.05) is 24.6 Å². The Labute approximate surface area is 145 Å². The van der Waals surface area contributed by atoms with Gasteiger partial charge in [-0.05, 0) is 36.8 Å². The lowest BCUT2D eigenvalue weighted by Gasteiger charge is -2.14. The number of benzene rings is 2. The van der Waals surface area contributed by atoms with Crippen molar-refractivity contribution in [1.29, 1.82) is 0 Å². The van der Waals surface area contributed by atoms with E-state index in [1.807, 2.05) is 6.92 Å². The van der Waals surface area contributed by atoms with Gasteiger partial charge in [-0.15, -0.1) is 0 Å². The number of anilines is 1. The fourth-order valence-corrected chi connectivity index (χ4v) is 2.11. The zero-order valence-corrected chi connectivity index (χ0v) is 14.0. The van der Waals surface area contributed by atoms with Crippen LogP contribution in [0.2, 0.25) is 5.02 Å². The standard InChI is InChI=1S/C18H16ClFN2O2/c1-11-8-13(4-7-17(11)21-3)22-18(23)12(2)10-24-14-5-6-15(19)16(20)9-14/h4-9,12H,10H2,1-2H3,(H,22,23)/t12-/m1/s1. The summed E-state index contributed by atoms with van der Waals surface area (Å²) < 4.78 is 18.8. The number of hydrogen-bond acceptors (Lipinski definition) is 2. The van der Waals surface area contributed by atoms with E-state index in [0.29, 0.717) is 17.1 Å². The SMILES string of the molecule is [C-]#[N+]c1ccc(NC(=O)[C@H](C)COc2ccc(Cl)c(F)c2)cc1C. The Kier molecular flexibility index (Phi) is 5.78. The van der Waals surface area contributed by atoms with Gasteiger partial charge in [-0.3, -0.25) is 4.79 Å². The number of nitrogens with one attached hydrogen (secondary N) is 1. The molecule has 0 unspecified atom stereocenters. The Morgan fingerprint density at radius 3 is 2.75 bits per heavy atom. The van der Waals surface area contributed by atoms with Crippen molar-refractivity contribution in [2.24, 2.45) is 5.92 Å². The molecule has 2 rings (SSSR count). The van der Waals surface area contributed by atoms with Crippen molar-refractivity contribution < 1.29 is 13.9 Å². The summed E-state index contributed by atoms with van der Waals surface area (Å²) in [4.78, 5) is 15.6. The van der Waals surface area contributed by atoms with Crippen LogP contribution >= 0.6 is 11.6 Å². The van der Waals surface area contributed by atoms with Crippen molar-refractivity contribution >= 4 is 28.9 Å². The molecule has 24 heavy (non-hydrogen) atoms. The van der Waals surface area contributed by atoms with Crippen LogP contribution in [0.1, 0.15) is 12.5 Å². The Balaban J connectivity index is 1.93. The summed E-state index contributed by atoms with van der Waals surface area (Å²) in [5, 5.41) is 2.79. The van der Waals surface area contributed by atoms with Gasteiger partial charge in [0.25, 0.3) is 0 Å².